The molecule has 1 aromatic heterocycles. The van der Waals surface area contributed by atoms with E-state index in [1.54, 1.807) is 15.9 Å². The van der Waals surface area contributed by atoms with Crippen molar-refractivity contribution in [3.8, 4) is 0 Å². The summed E-state index contributed by atoms with van der Waals surface area (Å²) < 4.78 is 6.30. The van der Waals surface area contributed by atoms with Gasteiger partial charge in [-0.1, -0.05) is 6.92 Å². The van der Waals surface area contributed by atoms with Gasteiger partial charge in [-0.15, -0.1) is 11.3 Å². The fourth-order valence-corrected chi connectivity index (χ4v) is 5.27. The van der Waals surface area contributed by atoms with Crippen molar-refractivity contribution in [3.05, 3.63) is 44.6 Å². The number of thiophene rings is 1. The van der Waals surface area contributed by atoms with Crippen LogP contribution in [-0.4, -0.2) is 50.1 Å². The Hall–Kier alpha value is -2.23. The summed E-state index contributed by atoms with van der Waals surface area (Å²) >= 11 is 4.73. The molecule has 4 rings (SSSR count). The van der Waals surface area contributed by atoms with E-state index >= 15 is 0 Å². The Morgan fingerprint density at radius 3 is 2.71 bits per heavy atom. The number of hydrogen-bond donors (Lipinski definition) is 1. The summed E-state index contributed by atoms with van der Waals surface area (Å²) in [6, 6.07) is 9.01. The van der Waals surface area contributed by atoms with Gasteiger partial charge in [0.1, 0.15) is 0 Å². The third kappa shape index (κ3) is 4.53. The van der Waals surface area contributed by atoms with Crippen LogP contribution in [-0.2, 0) is 14.3 Å². The molecule has 9 heteroatoms. The number of aryl methyl sites for hydroxylation is 1. The highest BCUT2D eigenvalue weighted by Gasteiger charge is 2.39. The van der Waals surface area contributed by atoms with Crippen molar-refractivity contribution < 1.29 is 19.1 Å². The van der Waals surface area contributed by atoms with Crippen LogP contribution in [0.4, 0.5) is 11.4 Å². The second-order valence-electron chi connectivity index (χ2n) is 7.80. The summed E-state index contributed by atoms with van der Waals surface area (Å²) in [5.74, 6) is -0.474. The number of anilines is 2. The fourth-order valence-electron chi connectivity index (χ4n) is 3.98. The number of rotatable bonds is 4. The minimum atomic E-state index is -0.323. The van der Waals surface area contributed by atoms with Crippen molar-refractivity contribution in [2.45, 2.75) is 26.3 Å². The van der Waals surface area contributed by atoms with E-state index in [2.05, 4.69) is 21.2 Å². The molecule has 0 radical (unpaired) electrons. The molecule has 0 saturated carbocycles. The van der Waals surface area contributed by atoms with Gasteiger partial charge in [-0.2, -0.15) is 0 Å². The third-order valence-corrected chi connectivity index (χ3v) is 7.38. The second kappa shape index (κ2) is 9.10. The minimum Gasteiger partial charge on any atom is -0.379 e. The van der Waals surface area contributed by atoms with E-state index in [1.807, 2.05) is 38.1 Å². The van der Waals surface area contributed by atoms with Gasteiger partial charge in [-0.3, -0.25) is 14.4 Å². The van der Waals surface area contributed by atoms with Gasteiger partial charge < -0.3 is 19.9 Å². The molecule has 2 aliphatic rings. The van der Waals surface area contributed by atoms with Crippen molar-refractivity contribution in [1.29, 1.82) is 0 Å². The van der Waals surface area contributed by atoms with Crippen LogP contribution in [0.1, 0.15) is 28.6 Å². The average Bonchev–Trinajstić information content (AvgIpc) is 3.21. The molecule has 0 spiro atoms. The first-order chi connectivity index (χ1) is 14.8. The van der Waals surface area contributed by atoms with Crippen LogP contribution in [0, 0.1) is 12.8 Å². The molecule has 164 valence electrons. The van der Waals surface area contributed by atoms with Gasteiger partial charge in [-0.25, -0.2) is 0 Å². The summed E-state index contributed by atoms with van der Waals surface area (Å²) in [7, 11) is 0. The van der Waals surface area contributed by atoms with Crippen molar-refractivity contribution >= 4 is 56.4 Å². The van der Waals surface area contributed by atoms with E-state index in [0.29, 0.717) is 37.6 Å². The summed E-state index contributed by atoms with van der Waals surface area (Å²) in [5.41, 5.74) is 2.53. The molecule has 2 saturated heterocycles. The Balaban J connectivity index is 1.50. The Bertz CT molecular complexity index is 1020. The molecule has 3 heterocycles. The maximum Gasteiger partial charge on any atom is 0.261 e. The van der Waals surface area contributed by atoms with Crippen molar-refractivity contribution in [3.63, 3.8) is 0 Å². The van der Waals surface area contributed by atoms with Gasteiger partial charge in [0.25, 0.3) is 5.91 Å². The van der Waals surface area contributed by atoms with E-state index in [-0.39, 0.29) is 29.7 Å². The molecule has 1 unspecified atom stereocenters. The zero-order valence-corrected chi connectivity index (χ0v) is 19.8. The highest BCUT2D eigenvalue weighted by molar-refractivity contribution is 9.11. The first-order valence-electron chi connectivity index (χ1n) is 10.2. The number of carbonyl (C=O) groups excluding carboxylic acids is 3. The van der Waals surface area contributed by atoms with Crippen molar-refractivity contribution in [2.75, 3.05) is 36.1 Å². The average molecular weight is 506 g/mol. The molecule has 0 bridgehead atoms. The largest absolute Gasteiger partial charge is 0.379 e. The smallest absolute Gasteiger partial charge is 0.261 e. The minimum absolute atomic E-state index is 0.0240. The van der Waals surface area contributed by atoms with Gasteiger partial charge >= 0.3 is 0 Å². The van der Waals surface area contributed by atoms with E-state index in [1.165, 1.54) is 11.3 Å². The first-order valence-corrected chi connectivity index (χ1v) is 11.8. The molecule has 1 N–H and O–H groups in total. The van der Waals surface area contributed by atoms with Crippen molar-refractivity contribution in [2.24, 2.45) is 5.92 Å². The molecule has 2 atom stereocenters. The highest BCUT2D eigenvalue weighted by Crippen LogP contribution is 2.31. The molecular weight excluding hydrogens is 482 g/mol. The molecule has 3 amide bonds. The number of hydrogen-bond acceptors (Lipinski definition) is 5. The van der Waals surface area contributed by atoms with Crippen LogP contribution in [0.5, 0.6) is 0 Å². The van der Waals surface area contributed by atoms with Gasteiger partial charge in [0.15, 0.2) is 0 Å². The molecule has 2 aliphatic heterocycles. The van der Waals surface area contributed by atoms with Crippen LogP contribution < -0.4 is 15.1 Å². The lowest BCUT2D eigenvalue weighted by Crippen LogP contribution is -2.39. The number of carbonyl (C=O) groups is 3. The van der Waals surface area contributed by atoms with E-state index in [9.17, 15) is 14.4 Å². The lowest BCUT2D eigenvalue weighted by atomic mass is 10.1. The van der Waals surface area contributed by atoms with Crippen LogP contribution in [0.15, 0.2) is 34.1 Å². The molecule has 31 heavy (non-hydrogen) atoms. The number of halogens is 1. The first kappa shape index (κ1) is 22.0. The lowest BCUT2D eigenvalue weighted by molar-refractivity contribution is -0.120. The molecule has 1 aromatic carbocycles. The fraction of sp³-hybridized carbons (Fsp3) is 0.409. The Morgan fingerprint density at radius 1 is 1.19 bits per heavy atom. The molecule has 7 nitrogen and oxygen atoms in total. The van der Waals surface area contributed by atoms with Crippen molar-refractivity contribution in [1.82, 2.24) is 5.32 Å². The third-order valence-electron chi connectivity index (χ3n) is 5.76. The standard InChI is InChI=1S/C22H24BrN3O4S/c1-13-11-15(3-4-17(13)25-8-10-30-9-7-20(25)27)26-12-16(14(2)22(26)29)24-21(28)18-5-6-19(23)31-18/h3-6,11,14,16H,7-10,12H2,1-2H3,(H,24,28)/t14?,16-/m0/s1. The second-order valence-corrected chi connectivity index (χ2v) is 10.3. The zero-order valence-electron chi connectivity index (χ0n) is 17.4. The normalized spacial score (nSPS) is 22.0. The number of amides is 3. The highest BCUT2D eigenvalue weighted by atomic mass is 79.9. The van der Waals surface area contributed by atoms with E-state index in [4.69, 9.17) is 4.74 Å². The number of nitrogens with zero attached hydrogens (tertiary/aromatic N) is 2. The van der Waals surface area contributed by atoms with Crippen LogP contribution in [0.25, 0.3) is 0 Å². The molecule has 0 aliphatic carbocycles. The Labute approximate surface area is 193 Å². The molecule has 2 fully saturated rings. The van der Waals surface area contributed by atoms with Gasteiger partial charge in [0, 0.05) is 24.5 Å². The van der Waals surface area contributed by atoms with E-state index < -0.39 is 0 Å². The van der Waals surface area contributed by atoms with Crippen LogP contribution in [0.3, 0.4) is 0 Å². The predicted molar refractivity (Wildman–Crippen MR) is 124 cm³/mol. The summed E-state index contributed by atoms with van der Waals surface area (Å²) in [4.78, 5) is 41.9. The Morgan fingerprint density at radius 2 is 2.00 bits per heavy atom. The van der Waals surface area contributed by atoms with Gasteiger partial charge in [0.2, 0.25) is 11.8 Å². The number of benzene rings is 1. The SMILES string of the molecule is Cc1cc(N2C[C@H](NC(=O)c3ccc(Br)s3)C(C)C2=O)ccc1N1CCOCCC1=O. The van der Waals surface area contributed by atoms with E-state index in [0.717, 1.165) is 20.7 Å². The lowest BCUT2D eigenvalue weighted by Gasteiger charge is -2.24. The molecular formula is C22H24BrN3O4S. The Kier molecular flexibility index (Phi) is 6.45. The summed E-state index contributed by atoms with van der Waals surface area (Å²) in [6.07, 6.45) is 0.367. The van der Waals surface area contributed by atoms with Crippen LogP contribution >= 0.6 is 27.3 Å². The maximum atomic E-state index is 12.9. The zero-order chi connectivity index (χ0) is 22.1. The van der Waals surface area contributed by atoms with Crippen LogP contribution in [0.2, 0.25) is 0 Å². The molecule has 2 aromatic rings. The summed E-state index contributed by atoms with van der Waals surface area (Å²) in [6.45, 7) is 5.67. The summed E-state index contributed by atoms with van der Waals surface area (Å²) in [5, 5.41) is 3.00. The quantitative estimate of drug-likeness (QED) is 0.690. The van der Waals surface area contributed by atoms with Gasteiger partial charge in [-0.05, 0) is 58.7 Å². The maximum absolute atomic E-state index is 12.9. The predicted octanol–water partition coefficient (Wildman–Crippen LogP) is 3.35. The topological polar surface area (TPSA) is 79.0 Å². The monoisotopic (exact) mass is 505 g/mol. The number of nitrogens with one attached hydrogen (secondary N) is 1. The number of ether oxygens (including phenoxy) is 1. The van der Waals surface area contributed by atoms with Gasteiger partial charge in [0.05, 0.1) is 40.3 Å².